The molecule has 0 aliphatic heterocycles. The van der Waals surface area contributed by atoms with Crippen molar-refractivity contribution in [2.45, 2.75) is 6.92 Å². The lowest BCUT2D eigenvalue weighted by atomic mass is 10.2. The molecular formula is C19H16ClN3O3. The minimum Gasteiger partial charge on any atom is -0.313 e. The van der Waals surface area contributed by atoms with Crippen molar-refractivity contribution < 1.29 is 9.63 Å². The molecule has 0 atom stereocenters. The van der Waals surface area contributed by atoms with Crippen molar-refractivity contribution in [1.29, 1.82) is 0 Å². The third kappa shape index (κ3) is 3.45. The van der Waals surface area contributed by atoms with Gasteiger partial charge in [-0.05, 0) is 43.3 Å². The van der Waals surface area contributed by atoms with Crippen LogP contribution in [0.2, 0.25) is 5.02 Å². The first-order chi connectivity index (χ1) is 12.5. The van der Waals surface area contributed by atoms with Crippen LogP contribution < -0.4 is 5.56 Å². The number of benzene rings is 2. The van der Waals surface area contributed by atoms with E-state index in [-0.39, 0.29) is 5.56 Å². The molecule has 6 nitrogen and oxygen atoms in total. The zero-order valence-electron chi connectivity index (χ0n) is 14.2. The Morgan fingerprint density at radius 1 is 1.12 bits per heavy atom. The van der Waals surface area contributed by atoms with E-state index in [2.05, 4.69) is 5.16 Å². The normalized spacial score (nSPS) is 11.0. The van der Waals surface area contributed by atoms with Crippen LogP contribution in [0.1, 0.15) is 21.6 Å². The predicted molar refractivity (Wildman–Crippen MR) is 100 cm³/mol. The van der Waals surface area contributed by atoms with Gasteiger partial charge in [-0.15, -0.1) is 0 Å². The van der Waals surface area contributed by atoms with Gasteiger partial charge in [0.2, 0.25) is 0 Å². The minimum atomic E-state index is -0.630. The van der Waals surface area contributed by atoms with E-state index < -0.39 is 5.97 Å². The highest BCUT2D eigenvalue weighted by Gasteiger charge is 2.15. The number of para-hydroxylation sites is 1. The maximum absolute atomic E-state index is 12.7. The van der Waals surface area contributed by atoms with Crippen molar-refractivity contribution in [3.05, 3.63) is 86.8 Å². The van der Waals surface area contributed by atoms with E-state index >= 15 is 0 Å². The van der Waals surface area contributed by atoms with Crippen LogP contribution in [-0.4, -0.2) is 21.5 Å². The van der Waals surface area contributed by atoms with E-state index in [1.54, 1.807) is 30.8 Å². The summed E-state index contributed by atoms with van der Waals surface area (Å²) >= 11 is 5.78. The molecule has 0 N–H and O–H groups in total. The van der Waals surface area contributed by atoms with E-state index in [1.165, 1.54) is 23.0 Å². The molecule has 0 amide bonds. The largest absolute Gasteiger partial charge is 0.365 e. The summed E-state index contributed by atoms with van der Waals surface area (Å²) in [6, 6.07) is 15.5. The summed E-state index contributed by atoms with van der Waals surface area (Å²) in [5.41, 5.74) is 1.85. The first-order valence-electron chi connectivity index (χ1n) is 7.83. The summed E-state index contributed by atoms with van der Waals surface area (Å²) in [5.74, 6) is -0.630. The Labute approximate surface area is 154 Å². The molecule has 0 spiro atoms. The molecule has 0 saturated carbocycles. The number of halogens is 1. The van der Waals surface area contributed by atoms with Crippen LogP contribution in [0.4, 0.5) is 0 Å². The molecule has 0 fully saturated rings. The fourth-order valence-electron chi connectivity index (χ4n) is 2.50. The second-order valence-corrected chi connectivity index (χ2v) is 6.03. The Morgan fingerprint density at radius 2 is 1.77 bits per heavy atom. The fourth-order valence-corrected chi connectivity index (χ4v) is 2.63. The van der Waals surface area contributed by atoms with E-state index in [4.69, 9.17) is 16.4 Å². The lowest BCUT2D eigenvalue weighted by Crippen LogP contribution is -2.20. The second kappa shape index (κ2) is 7.41. The van der Waals surface area contributed by atoms with E-state index in [0.29, 0.717) is 21.8 Å². The van der Waals surface area contributed by atoms with Gasteiger partial charge in [0.05, 0.1) is 23.0 Å². The lowest BCUT2D eigenvalue weighted by molar-refractivity contribution is 0.0519. The number of hydrogen-bond donors (Lipinski definition) is 0. The molecule has 26 heavy (non-hydrogen) atoms. The number of hydrogen-bond acceptors (Lipinski definition) is 4. The van der Waals surface area contributed by atoms with Gasteiger partial charge in [0.1, 0.15) is 0 Å². The second-order valence-electron chi connectivity index (χ2n) is 5.60. The van der Waals surface area contributed by atoms with Gasteiger partial charge in [-0.2, -0.15) is 0 Å². The van der Waals surface area contributed by atoms with Crippen LogP contribution in [0.3, 0.4) is 0 Å². The number of oxime groups is 1. The van der Waals surface area contributed by atoms with Gasteiger partial charge in [0, 0.05) is 17.8 Å². The summed E-state index contributed by atoms with van der Waals surface area (Å²) in [7, 11) is 1.78. The van der Waals surface area contributed by atoms with Gasteiger partial charge in [-0.1, -0.05) is 35.0 Å². The molecule has 0 unspecified atom stereocenters. The van der Waals surface area contributed by atoms with Crippen molar-refractivity contribution in [1.82, 2.24) is 9.36 Å². The molecule has 0 aliphatic rings. The van der Waals surface area contributed by atoms with Crippen LogP contribution in [0, 0.1) is 6.92 Å². The molecule has 0 saturated heterocycles. The van der Waals surface area contributed by atoms with Crippen molar-refractivity contribution in [2.24, 2.45) is 12.2 Å². The minimum absolute atomic E-state index is 0.248. The Hall–Kier alpha value is -3.12. The molecule has 3 aromatic rings. The lowest BCUT2D eigenvalue weighted by Gasteiger charge is -2.07. The number of rotatable bonds is 4. The molecule has 0 radical (unpaired) electrons. The van der Waals surface area contributed by atoms with Crippen molar-refractivity contribution in [3.8, 4) is 5.69 Å². The molecule has 2 aromatic carbocycles. The quantitative estimate of drug-likeness (QED) is 0.402. The zero-order valence-corrected chi connectivity index (χ0v) is 15.0. The average molecular weight is 370 g/mol. The monoisotopic (exact) mass is 369 g/mol. The third-order valence-corrected chi connectivity index (χ3v) is 4.25. The van der Waals surface area contributed by atoms with Crippen LogP contribution >= 0.6 is 11.6 Å². The molecule has 1 aromatic heterocycles. The highest BCUT2D eigenvalue weighted by molar-refractivity contribution is 6.30. The average Bonchev–Trinajstić information content (AvgIpc) is 2.86. The van der Waals surface area contributed by atoms with E-state index in [1.807, 2.05) is 30.3 Å². The molecule has 1 heterocycles. The topological polar surface area (TPSA) is 65.6 Å². The Balaban J connectivity index is 1.84. The maximum Gasteiger partial charge on any atom is 0.365 e. The Kier molecular flexibility index (Phi) is 5.04. The third-order valence-electron chi connectivity index (χ3n) is 4.00. The fraction of sp³-hybridized carbons (Fsp3) is 0.105. The molecular weight excluding hydrogens is 354 g/mol. The van der Waals surface area contributed by atoms with Crippen LogP contribution in [0.15, 0.2) is 64.5 Å². The van der Waals surface area contributed by atoms with Crippen LogP contribution in [0.5, 0.6) is 0 Å². The highest BCUT2D eigenvalue weighted by Crippen LogP contribution is 2.11. The smallest absolute Gasteiger partial charge is 0.313 e. The first-order valence-corrected chi connectivity index (χ1v) is 8.21. The van der Waals surface area contributed by atoms with Gasteiger partial charge in [-0.3, -0.25) is 9.48 Å². The molecule has 7 heteroatoms. The van der Waals surface area contributed by atoms with Crippen molar-refractivity contribution in [3.63, 3.8) is 0 Å². The Morgan fingerprint density at radius 3 is 2.42 bits per heavy atom. The van der Waals surface area contributed by atoms with E-state index in [0.717, 1.165) is 5.69 Å². The van der Waals surface area contributed by atoms with Crippen LogP contribution in [0.25, 0.3) is 5.69 Å². The number of carbonyl (C=O) groups excluding carboxylic acids is 1. The summed E-state index contributed by atoms with van der Waals surface area (Å²) < 4.78 is 3.25. The van der Waals surface area contributed by atoms with E-state index in [9.17, 15) is 9.59 Å². The first kappa shape index (κ1) is 17.7. The van der Waals surface area contributed by atoms with Crippen molar-refractivity contribution >= 4 is 23.8 Å². The highest BCUT2D eigenvalue weighted by atomic mass is 35.5. The summed E-state index contributed by atoms with van der Waals surface area (Å²) in [6.07, 6.45) is 1.25. The summed E-state index contributed by atoms with van der Waals surface area (Å²) in [5, 5.41) is 4.20. The van der Waals surface area contributed by atoms with Crippen LogP contribution in [-0.2, 0) is 11.9 Å². The predicted octanol–water partition coefficient (Wildman–Crippen LogP) is 3.33. The molecule has 0 aliphatic carbocycles. The maximum atomic E-state index is 12.7. The number of nitrogens with zero attached hydrogens (tertiary/aromatic N) is 3. The van der Waals surface area contributed by atoms with Gasteiger partial charge in [-0.25, -0.2) is 9.48 Å². The van der Waals surface area contributed by atoms with Gasteiger partial charge in [0.15, 0.2) is 0 Å². The Bertz CT molecular complexity index is 1020. The van der Waals surface area contributed by atoms with Gasteiger partial charge < -0.3 is 4.84 Å². The molecule has 3 rings (SSSR count). The molecule has 0 bridgehead atoms. The van der Waals surface area contributed by atoms with Gasteiger partial charge >= 0.3 is 5.97 Å². The summed E-state index contributed by atoms with van der Waals surface area (Å²) in [4.78, 5) is 29.5. The van der Waals surface area contributed by atoms with Gasteiger partial charge in [0.25, 0.3) is 5.56 Å². The number of carbonyl (C=O) groups is 1. The zero-order chi connectivity index (χ0) is 18.7. The number of aromatic nitrogens is 2. The SMILES string of the molecule is Cc1c(/C=N/OC(=O)c2ccc(Cl)cc2)c(=O)n(-c2ccccc2)n1C. The standard InChI is InChI=1S/C19H16ClN3O3/c1-13-17(12-21-26-19(25)14-8-10-15(20)11-9-14)18(24)23(22(13)2)16-6-4-3-5-7-16/h3-12H,1-2H3/b21-12+. The molecule has 132 valence electrons. The summed E-state index contributed by atoms with van der Waals surface area (Å²) in [6.45, 7) is 1.79. The van der Waals surface area contributed by atoms with Crippen molar-refractivity contribution in [2.75, 3.05) is 0 Å².